The number of nitrogens with one attached hydrogen (secondary N) is 1. The van der Waals surface area contributed by atoms with Crippen LogP contribution in [0.15, 0.2) is 76.7 Å². The van der Waals surface area contributed by atoms with Crippen molar-refractivity contribution in [2.75, 3.05) is 18.2 Å². The van der Waals surface area contributed by atoms with Gasteiger partial charge in [0, 0.05) is 5.69 Å². The number of ether oxygens (including phenoxy) is 1. The van der Waals surface area contributed by atoms with Crippen LogP contribution in [0.2, 0.25) is 5.02 Å². The molecule has 0 aliphatic carbocycles. The SMILES string of the molecule is COc1ccc(NC(=O)CSc2nc3ccccc3c(=O)n2-c2ccc(C)cc2)cc1Cl. The molecule has 0 atom stereocenters. The summed E-state index contributed by atoms with van der Waals surface area (Å²) in [5.74, 6) is 0.357. The van der Waals surface area contributed by atoms with E-state index in [4.69, 9.17) is 16.3 Å². The predicted octanol–water partition coefficient (Wildman–Crippen LogP) is 5.09. The number of rotatable bonds is 6. The van der Waals surface area contributed by atoms with Crippen molar-refractivity contribution < 1.29 is 9.53 Å². The van der Waals surface area contributed by atoms with E-state index in [1.165, 1.54) is 18.9 Å². The molecule has 4 rings (SSSR count). The maximum Gasteiger partial charge on any atom is 0.266 e. The summed E-state index contributed by atoms with van der Waals surface area (Å²) in [5.41, 5.74) is 2.75. The van der Waals surface area contributed by atoms with Crippen LogP contribution in [0, 0.1) is 6.92 Å². The largest absolute Gasteiger partial charge is 0.495 e. The van der Waals surface area contributed by atoms with Gasteiger partial charge in [-0.3, -0.25) is 14.2 Å². The van der Waals surface area contributed by atoms with Crippen LogP contribution in [0.4, 0.5) is 5.69 Å². The van der Waals surface area contributed by atoms with Crippen LogP contribution in [0.1, 0.15) is 5.56 Å². The molecule has 0 spiro atoms. The number of fused-ring (bicyclic) bond motifs is 1. The maximum atomic E-state index is 13.3. The van der Waals surface area contributed by atoms with E-state index in [1.807, 2.05) is 43.3 Å². The molecular weight excluding hydrogens is 446 g/mol. The molecule has 0 saturated heterocycles. The zero-order valence-corrected chi connectivity index (χ0v) is 19.0. The Hall–Kier alpha value is -3.29. The molecule has 0 aliphatic rings. The second kappa shape index (κ2) is 9.46. The van der Waals surface area contributed by atoms with Crippen LogP contribution in [0.5, 0.6) is 5.75 Å². The first-order valence-electron chi connectivity index (χ1n) is 9.81. The molecule has 8 heteroatoms. The van der Waals surface area contributed by atoms with Gasteiger partial charge >= 0.3 is 0 Å². The van der Waals surface area contributed by atoms with Crippen molar-refractivity contribution in [3.63, 3.8) is 0 Å². The molecule has 0 saturated carbocycles. The number of aromatic nitrogens is 2. The van der Waals surface area contributed by atoms with Crippen LogP contribution in [0.3, 0.4) is 0 Å². The fourth-order valence-corrected chi connectivity index (χ4v) is 4.27. The lowest BCUT2D eigenvalue weighted by atomic mass is 10.2. The Morgan fingerprint density at radius 2 is 1.88 bits per heavy atom. The summed E-state index contributed by atoms with van der Waals surface area (Å²) < 4.78 is 6.68. The number of aryl methyl sites for hydroxylation is 1. The summed E-state index contributed by atoms with van der Waals surface area (Å²) in [6, 6.07) is 19.8. The highest BCUT2D eigenvalue weighted by molar-refractivity contribution is 7.99. The molecule has 162 valence electrons. The van der Waals surface area contributed by atoms with Gasteiger partial charge in [-0.2, -0.15) is 0 Å². The summed E-state index contributed by atoms with van der Waals surface area (Å²) >= 11 is 7.33. The van der Waals surface area contributed by atoms with E-state index >= 15 is 0 Å². The van der Waals surface area contributed by atoms with Crippen molar-refractivity contribution in [3.8, 4) is 11.4 Å². The molecule has 0 unspecified atom stereocenters. The summed E-state index contributed by atoms with van der Waals surface area (Å²) in [6.07, 6.45) is 0. The Labute approximate surface area is 194 Å². The van der Waals surface area contributed by atoms with Crippen LogP contribution in [-0.4, -0.2) is 28.3 Å². The molecule has 1 N–H and O–H groups in total. The van der Waals surface area contributed by atoms with Gasteiger partial charge in [0.25, 0.3) is 5.56 Å². The Morgan fingerprint density at radius 1 is 1.12 bits per heavy atom. The highest BCUT2D eigenvalue weighted by atomic mass is 35.5. The molecule has 0 bridgehead atoms. The number of halogens is 1. The van der Waals surface area contributed by atoms with Crippen molar-refractivity contribution >= 4 is 45.9 Å². The summed E-state index contributed by atoms with van der Waals surface area (Å²) in [7, 11) is 1.53. The first kappa shape index (κ1) is 21.9. The number of methoxy groups -OCH3 is 1. The van der Waals surface area contributed by atoms with Crippen LogP contribution >= 0.6 is 23.4 Å². The van der Waals surface area contributed by atoms with Crippen LogP contribution in [-0.2, 0) is 4.79 Å². The number of carbonyl (C=O) groups is 1. The van der Waals surface area contributed by atoms with Gasteiger partial charge in [0.1, 0.15) is 5.75 Å². The second-order valence-electron chi connectivity index (χ2n) is 7.07. The third kappa shape index (κ3) is 4.64. The fraction of sp³-hybridized carbons (Fsp3) is 0.125. The summed E-state index contributed by atoms with van der Waals surface area (Å²) in [4.78, 5) is 30.5. The average molecular weight is 466 g/mol. The zero-order valence-electron chi connectivity index (χ0n) is 17.5. The first-order chi connectivity index (χ1) is 15.5. The van der Waals surface area contributed by atoms with E-state index in [9.17, 15) is 9.59 Å². The van der Waals surface area contributed by atoms with Crippen molar-refractivity contribution in [2.45, 2.75) is 12.1 Å². The molecule has 3 aromatic carbocycles. The van der Waals surface area contributed by atoms with E-state index in [2.05, 4.69) is 10.3 Å². The molecule has 0 radical (unpaired) electrons. The maximum absolute atomic E-state index is 13.3. The molecular formula is C24H20ClN3O3S. The number of benzene rings is 3. The number of hydrogen-bond donors (Lipinski definition) is 1. The Morgan fingerprint density at radius 3 is 2.59 bits per heavy atom. The lowest BCUT2D eigenvalue weighted by Crippen LogP contribution is -2.23. The van der Waals surface area contributed by atoms with Crippen molar-refractivity contribution in [1.29, 1.82) is 0 Å². The molecule has 0 fully saturated rings. The Bertz CT molecular complexity index is 1350. The van der Waals surface area contributed by atoms with Gasteiger partial charge in [0.2, 0.25) is 5.91 Å². The third-order valence-corrected chi connectivity index (χ3v) is 6.04. The molecule has 0 aliphatic heterocycles. The highest BCUT2D eigenvalue weighted by Crippen LogP contribution is 2.27. The predicted molar refractivity (Wildman–Crippen MR) is 129 cm³/mol. The second-order valence-corrected chi connectivity index (χ2v) is 8.42. The zero-order chi connectivity index (χ0) is 22.7. The minimum Gasteiger partial charge on any atom is -0.495 e. The van der Waals surface area contributed by atoms with Gasteiger partial charge in [-0.25, -0.2) is 4.98 Å². The standard InChI is InChI=1S/C24H20ClN3O3S/c1-15-7-10-17(11-8-15)28-23(30)18-5-3-4-6-20(18)27-24(28)32-14-22(29)26-16-9-12-21(31-2)19(25)13-16/h3-13H,14H2,1-2H3,(H,26,29). The number of hydrogen-bond acceptors (Lipinski definition) is 5. The van der Waals surface area contributed by atoms with Gasteiger partial charge in [0.05, 0.1) is 34.5 Å². The normalized spacial score (nSPS) is 10.8. The smallest absolute Gasteiger partial charge is 0.266 e. The van der Waals surface area contributed by atoms with Gasteiger partial charge in [-0.15, -0.1) is 0 Å². The third-order valence-electron chi connectivity index (χ3n) is 4.81. The molecule has 1 aromatic heterocycles. The average Bonchev–Trinajstić information content (AvgIpc) is 2.79. The van der Waals surface area contributed by atoms with Gasteiger partial charge in [-0.1, -0.05) is 53.2 Å². The van der Waals surface area contributed by atoms with Gasteiger partial charge in [0.15, 0.2) is 5.16 Å². The van der Waals surface area contributed by atoms with Crippen molar-refractivity contribution in [2.24, 2.45) is 0 Å². The molecule has 1 heterocycles. The quantitative estimate of drug-likeness (QED) is 0.317. The summed E-state index contributed by atoms with van der Waals surface area (Å²) in [5, 5.41) is 4.18. The van der Waals surface area contributed by atoms with Crippen LogP contribution in [0.25, 0.3) is 16.6 Å². The fourth-order valence-electron chi connectivity index (χ4n) is 3.20. The molecule has 1 amide bonds. The molecule has 32 heavy (non-hydrogen) atoms. The monoisotopic (exact) mass is 465 g/mol. The lowest BCUT2D eigenvalue weighted by Gasteiger charge is -2.13. The lowest BCUT2D eigenvalue weighted by molar-refractivity contribution is -0.113. The van der Waals surface area contributed by atoms with E-state index in [1.54, 1.807) is 34.9 Å². The minimum absolute atomic E-state index is 0.0697. The van der Waals surface area contributed by atoms with Crippen molar-refractivity contribution in [3.05, 3.63) is 87.7 Å². The Kier molecular flexibility index (Phi) is 6.48. The number of amides is 1. The number of anilines is 1. The van der Waals surface area contributed by atoms with E-state index in [-0.39, 0.29) is 17.2 Å². The number of thioether (sulfide) groups is 1. The van der Waals surface area contributed by atoms with E-state index in [0.29, 0.717) is 38.2 Å². The number of para-hydroxylation sites is 1. The number of carbonyl (C=O) groups excluding carboxylic acids is 1. The first-order valence-corrected chi connectivity index (χ1v) is 11.2. The summed E-state index contributed by atoms with van der Waals surface area (Å²) in [6.45, 7) is 1.98. The molecule has 6 nitrogen and oxygen atoms in total. The van der Waals surface area contributed by atoms with Crippen LogP contribution < -0.4 is 15.6 Å². The topological polar surface area (TPSA) is 73.2 Å². The van der Waals surface area contributed by atoms with Gasteiger partial charge in [-0.05, 0) is 49.4 Å². The van der Waals surface area contributed by atoms with E-state index in [0.717, 1.165) is 5.56 Å². The van der Waals surface area contributed by atoms with Crippen molar-refractivity contribution in [1.82, 2.24) is 9.55 Å². The van der Waals surface area contributed by atoms with Gasteiger partial charge < -0.3 is 10.1 Å². The minimum atomic E-state index is -0.242. The molecule has 4 aromatic rings. The number of nitrogens with zero attached hydrogens (tertiary/aromatic N) is 2. The Balaban J connectivity index is 1.62. The highest BCUT2D eigenvalue weighted by Gasteiger charge is 2.15. The van der Waals surface area contributed by atoms with E-state index < -0.39 is 0 Å².